The molecule has 0 saturated carbocycles. The Morgan fingerprint density at radius 2 is 1.04 bits per heavy atom. The molecule has 2 aromatic rings. The highest BCUT2D eigenvalue weighted by Gasteiger charge is 2.29. The van der Waals surface area contributed by atoms with Crippen molar-refractivity contribution in [3.8, 4) is 11.5 Å². The zero-order valence-electron chi connectivity index (χ0n) is 15.2. The van der Waals surface area contributed by atoms with Crippen molar-refractivity contribution in [2.45, 2.75) is 26.2 Å². The van der Waals surface area contributed by atoms with Crippen molar-refractivity contribution in [3.63, 3.8) is 0 Å². The van der Waals surface area contributed by atoms with Gasteiger partial charge in [0.15, 0.2) is 16.6 Å². The van der Waals surface area contributed by atoms with E-state index in [-0.39, 0.29) is 11.5 Å². The van der Waals surface area contributed by atoms with Crippen LogP contribution in [0.5, 0.6) is 11.5 Å². The summed E-state index contributed by atoms with van der Waals surface area (Å²) in [5, 5.41) is 19.7. The molecule has 0 amide bonds. The van der Waals surface area contributed by atoms with Gasteiger partial charge in [-0.05, 0) is 38.3 Å². The van der Waals surface area contributed by atoms with E-state index < -0.39 is 16.6 Å². The first kappa shape index (κ1) is 19.2. The summed E-state index contributed by atoms with van der Waals surface area (Å²) < 4.78 is 6.49. The summed E-state index contributed by atoms with van der Waals surface area (Å²) >= 11 is 0. The molecule has 0 fully saturated rings. The minimum atomic E-state index is -2.04. The molecule has 5 heteroatoms. The van der Waals surface area contributed by atoms with Gasteiger partial charge < -0.3 is 14.3 Å². The zero-order valence-corrected chi connectivity index (χ0v) is 17.2. The summed E-state index contributed by atoms with van der Waals surface area (Å²) in [4.78, 5) is 0. The van der Waals surface area contributed by atoms with E-state index in [1.165, 1.54) is 0 Å². The third kappa shape index (κ3) is 6.05. The van der Waals surface area contributed by atoms with Gasteiger partial charge in [-0.15, -0.1) is 0 Å². The first-order valence-electron chi connectivity index (χ1n) is 8.33. The minimum absolute atomic E-state index is 0.277. The van der Waals surface area contributed by atoms with Crippen LogP contribution in [0.2, 0.25) is 26.2 Å². The van der Waals surface area contributed by atoms with Crippen molar-refractivity contribution in [2.24, 2.45) is 0 Å². The average Bonchev–Trinajstić information content (AvgIpc) is 2.52. The van der Waals surface area contributed by atoms with Gasteiger partial charge in [-0.3, -0.25) is 0 Å². The number of aromatic hydroxyl groups is 2. The summed E-state index contributed by atoms with van der Waals surface area (Å²) in [5.41, 5.74) is 5.81. The lowest BCUT2D eigenvalue weighted by atomic mass is 10.2. The van der Waals surface area contributed by atoms with Crippen molar-refractivity contribution in [1.82, 2.24) is 0 Å². The van der Waals surface area contributed by atoms with E-state index in [0.29, 0.717) is 0 Å². The second-order valence-corrected chi connectivity index (χ2v) is 15.0. The lowest BCUT2D eigenvalue weighted by molar-refractivity contribution is 0.473. The largest absolute Gasteiger partial charge is 0.507 e. The highest BCUT2D eigenvalue weighted by Crippen LogP contribution is 2.23. The fraction of sp³-hybridized carbons (Fsp3) is 0.200. The highest BCUT2D eigenvalue weighted by atomic mass is 28.4. The van der Waals surface area contributed by atoms with Crippen LogP contribution in [-0.2, 0) is 4.12 Å². The average molecular weight is 371 g/mol. The standard InChI is InChI=1S/C20H26O3Si2/c1-24(2,15-13-17-9-5-7-11-19(17)21)23-25(3,4)16-14-18-10-6-8-12-20(18)22/h5-16,21-22H,1-4H3. The molecular weight excluding hydrogens is 344 g/mol. The first-order chi connectivity index (χ1) is 11.7. The molecule has 0 unspecified atom stereocenters. The van der Waals surface area contributed by atoms with E-state index in [0.717, 1.165) is 11.1 Å². The van der Waals surface area contributed by atoms with Gasteiger partial charge in [0, 0.05) is 11.1 Å². The third-order valence-corrected chi connectivity index (χ3v) is 9.88. The molecule has 2 N–H and O–H groups in total. The van der Waals surface area contributed by atoms with E-state index in [1.54, 1.807) is 12.1 Å². The molecule has 25 heavy (non-hydrogen) atoms. The molecule has 0 aromatic heterocycles. The van der Waals surface area contributed by atoms with Crippen molar-refractivity contribution >= 4 is 28.8 Å². The molecule has 0 saturated heterocycles. The molecule has 3 nitrogen and oxygen atoms in total. The number of phenols is 2. The number of hydrogen-bond donors (Lipinski definition) is 2. The number of phenolic OH excluding ortho intramolecular Hbond substituents is 2. The summed E-state index contributed by atoms with van der Waals surface area (Å²) in [6, 6.07) is 14.6. The highest BCUT2D eigenvalue weighted by molar-refractivity contribution is 6.90. The van der Waals surface area contributed by atoms with E-state index in [2.05, 4.69) is 37.6 Å². The molecule has 2 aromatic carbocycles. The van der Waals surface area contributed by atoms with E-state index in [9.17, 15) is 10.2 Å². The van der Waals surface area contributed by atoms with Crippen LogP contribution in [0.3, 0.4) is 0 Å². The second-order valence-electron chi connectivity index (χ2n) is 7.09. The molecule has 0 radical (unpaired) electrons. The molecule has 2 rings (SSSR count). The zero-order chi connectivity index (χ0) is 18.5. The van der Waals surface area contributed by atoms with Gasteiger partial charge in [-0.2, -0.15) is 0 Å². The molecule has 0 heterocycles. The van der Waals surface area contributed by atoms with Gasteiger partial charge in [0.05, 0.1) is 0 Å². The lowest BCUT2D eigenvalue weighted by Gasteiger charge is -2.29. The second kappa shape index (κ2) is 7.86. The Bertz CT molecular complexity index is 715. The fourth-order valence-corrected chi connectivity index (χ4v) is 9.71. The van der Waals surface area contributed by atoms with Gasteiger partial charge in [-0.25, -0.2) is 0 Å². The van der Waals surface area contributed by atoms with Crippen LogP contribution < -0.4 is 0 Å². The van der Waals surface area contributed by atoms with Crippen molar-refractivity contribution < 1.29 is 14.3 Å². The Morgan fingerprint density at radius 3 is 1.40 bits per heavy atom. The van der Waals surface area contributed by atoms with Crippen LogP contribution in [-0.4, -0.2) is 26.8 Å². The summed E-state index contributed by atoms with van der Waals surface area (Å²) in [6.45, 7) is 8.58. The van der Waals surface area contributed by atoms with Crippen LogP contribution in [0.15, 0.2) is 59.9 Å². The molecule has 0 bridgehead atoms. The molecule has 0 spiro atoms. The Morgan fingerprint density at radius 1 is 0.680 bits per heavy atom. The molecule has 132 valence electrons. The predicted octanol–water partition coefficient (Wildman–Crippen LogP) is 5.33. The van der Waals surface area contributed by atoms with Gasteiger partial charge in [0.25, 0.3) is 0 Å². The first-order valence-corrected chi connectivity index (χ1v) is 14.3. The Labute approximate surface area is 152 Å². The third-order valence-electron chi connectivity index (χ3n) is 3.73. The quantitative estimate of drug-likeness (QED) is 0.676. The minimum Gasteiger partial charge on any atom is -0.507 e. The fourth-order valence-electron chi connectivity index (χ4n) is 2.58. The summed E-state index contributed by atoms with van der Waals surface area (Å²) in [6.07, 6.45) is 3.89. The van der Waals surface area contributed by atoms with Crippen LogP contribution in [0.1, 0.15) is 11.1 Å². The maximum absolute atomic E-state index is 9.87. The molecular formula is C20H26O3Si2. The predicted molar refractivity (Wildman–Crippen MR) is 110 cm³/mol. The van der Waals surface area contributed by atoms with Crippen molar-refractivity contribution in [3.05, 3.63) is 71.1 Å². The van der Waals surface area contributed by atoms with Gasteiger partial charge in [0.2, 0.25) is 0 Å². The van der Waals surface area contributed by atoms with Crippen molar-refractivity contribution in [2.75, 3.05) is 0 Å². The normalized spacial score (nSPS) is 13.0. The topological polar surface area (TPSA) is 49.7 Å². The molecule has 0 aliphatic rings. The summed E-state index contributed by atoms with van der Waals surface area (Å²) in [7, 11) is -4.08. The van der Waals surface area contributed by atoms with Crippen LogP contribution in [0.4, 0.5) is 0 Å². The maximum atomic E-state index is 9.87. The van der Waals surface area contributed by atoms with Crippen LogP contribution in [0.25, 0.3) is 12.2 Å². The lowest BCUT2D eigenvalue weighted by Crippen LogP contribution is -2.42. The molecule has 0 aliphatic heterocycles. The molecule has 0 atom stereocenters. The number of para-hydroxylation sites is 2. The Hall–Kier alpha value is -2.09. The van der Waals surface area contributed by atoms with Crippen LogP contribution in [0, 0.1) is 0 Å². The van der Waals surface area contributed by atoms with Crippen molar-refractivity contribution in [1.29, 1.82) is 0 Å². The van der Waals surface area contributed by atoms with Gasteiger partial charge in [0.1, 0.15) is 11.5 Å². The van der Waals surface area contributed by atoms with E-state index >= 15 is 0 Å². The van der Waals surface area contributed by atoms with Gasteiger partial charge in [-0.1, -0.05) is 59.9 Å². The maximum Gasteiger partial charge on any atom is 0.198 e. The Kier molecular flexibility index (Phi) is 6.05. The van der Waals surface area contributed by atoms with Crippen LogP contribution >= 0.6 is 0 Å². The smallest absolute Gasteiger partial charge is 0.198 e. The van der Waals surface area contributed by atoms with E-state index in [1.807, 2.05) is 48.6 Å². The Balaban J connectivity index is 2.10. The van der Waals surface area contributed by atoms with E-state index in [4.69, 9.17) is 4.12 Å². The van der Waals surface area contributed by atoms with Gasteiger partial charge >= 0.3 is 0 Å². The molecule has 0 aliphatic carbocycles. The summed E-state index contributed by atoms with van der Waals surface area (Å²) in [5.74, 6) is 0.555. The number of rotatable bonds is 6. The monoisotopic (exact) mass is 370 g/mol. The number of benzene rings is 2. The number of hydrogen-bond acceptors (Lipinski definition) is 3. The SMILES string of the molecule is C[Si](C)(C=Cc1ccccc1O)O[Si](C)(C)C=Cc1ccccc1O.